The molecule has 13 nitrogen and oxygen atoms in total. The Bertz CT molecular complexity index is 2290. The molecule has 1 N–H and O–H groups in total. The first-order valence-corrected chi connectivity index (χ1v) is 16.8. The second-order valence-electron chi connectivity index (χ2n) is 13.4. The third-order valence-electron chi connectivity index (χ3n) is 10.2. The molecule has 0 amide bonds. The van der Waals surface area contributed by atoms with Crippen LogP contribution >= 0.6 is 0 Å². The van der Waals surface area contributed by atoms with Gasteiger partial charge in [0.05, 0.1) is 49.4 Å². The fourth-order valence-corrected chi connectivity index (χ4v) is 7.20. The standard InChI is InChI=1S/C36H34F3N7O6/c1-19-24(20(2)44(4)43-19)10-9-22-13-26(45-11-12-50-35(21(45)3)17-49-18-35)32(40-15-22)51-23-14-27(33(47)48)46(16-23)31-30-29(41-34(42-31)36(37,38)39)25-7-5-6-8-28(25)52-30/h5-8,13,15,21,23,27H,11-12,14,16-18H2,1-4H3,(H,47,48)/t21-,23-,27-/m0/s1. The van der Waals surface area contributed by atoms with E-state index in [2.05, 4.69) is 36.8 Å². The average molecular weight is 718 g/mol. The highest BCUT2D eigenvalue weighted by atomic mass is 19.4. The summed E-state index contributed by atoms with van der Waals surface area (Å²) in [7, 11) is 1.86. The van der Waals surface area contributed by atoms with Crippen LogP contribution in [0.3, 0.4) is 0 Å². The number of morpholine rings is 1. The highest BCUT2D eigenvalue weighted by Crippen LogP contribution is 2.42. The summed E-state index contributed by atoms with van der Waals surface area (Å²) in [5.74, 6) is 3.73. The van der Waals surface area contributed by atoms with Crippen LogP contribution in [0.1, 0.15) is 41.7 Å². The number of carboxylic acids is 1. The van der Waals surface area contributed by atoms with Crippen LogP contribution in [-0.4, -0.2) is 92.5 Å². The van der Waals surface area contributed by atoms with E-state index in [4.69, 9.17) is 18.6 Å². The predicted molar refractivity (Wildman–Crippen MR) is 181 cm³/mol. The van der Waals surface area contributed by atoms with Crippen molar-refractivity contribution in [3.05, 3.63) is 64.9 Å². The molecule has 1 aromatic carbocycles. The van der Waals surface area contributed by atoms with Crippen LogP contribution in [0.2, 0.25) is 0 Å². The van der Waals surface area contributed by atoms with E-state index >= 15 is 0 Å². The van der Waals surface area contributed by atoms with Crippen molar-refractivity contribution < 1.29 is 41.7 Å². The number of carbonyl (C=O) groups is 1. The topological polar surface area (TPSA) is 141 Å². The van der Waals surface area contributed by atoms with E-state index in [1.165, 1.54) is 4.90 Å². The van der Waals surface area contributed by atoms with Crippen molar-refractivity contribution in [2.24, 2.45) is 7.05 Å². The molecule has 3 saturated heterocycles. The Hall–Kier alpha value is -5.40. The summed E-state index contributed by atoms with van der Waals surface area (Å²) in [6.07, 6.45) is -4.18. The van der Waals surface area contributed by atoms with Crippen molar-refractivity contribution in [2.45, 2.75) is 57.2 Å². The number of carboxylic acid groups (broad SMARTS) is 1. The van der Waals surface area contributed by atoms with Crippen molar-refractivity contribution in [3.8, 4) is 17.7 Å². The van der Waals surface area contributed by atoms with E-state index in [-0.39, 0.29) is 41.8 Å². The van der Waals surface area contributed by atoms with E-state index in [9.17, 15) is 23.1 Å². The van der Waals surface area contributed by atoms with Crippen LogP contribution in [0.4, 0.5) is 24.7 Å². The number of alkyl halides is 3. The lowest BCUT2D eigenvalue weighted by atomic mass is 9.90. The number of benzene rings is 1. The van der Waals surface area contributed by atoms with Gasteiger partial charge in [-0.15, -0.1) is 0 Å². The molecule has 1 spiro atoms. The Balaban J connectivity index is 1.17. The summed E-state index contributed by atoms with van der Waals surface area (Å²) in [6.45, 7) is 7.57. The lowest BCUT2D eigenvalue weighted by molar-refractivity contribution is -0.228. The number of pyridine rings is 1. The monoisotopic (exact) mass is 717 g/mol. The van der Waals surface area contributed by atoms with Crippen molar-refractivity contribution in [3.63, 3.8) is 0 Å². The molecule has 3 fully saturated rings. The second kappa shape index (κ2) is 12.4. The number of halogens is 3. The minimum absolute atomic E-state index is 0.0444. The number of aromatic nitrogens is 5. The van der Waals surface area contributed by atoms with Gasteiger partial charge >= 0.3 is 12.1 Å². The quantitative estimate of drug-likeness (QED) is 0.253. The molecule has 0 aliphatic carbocycles. The molecule has 0 bridgehead atoms. The summed E-state index contributed by atoms with van der Waals surface area (Å²) in [5.41, 5.74) is 3.47. The number of anilines is 2. The molecule has 8 rings (SSSR count). The number of nitrogens with zero attached hydrogens (tertiary/aromatic N) is 7. The minimum Gasteiger partial charge on any atom is -0.480 e. The molecule has 16 heteroatoms. The van der Waals surface area contributed by atoms with E-state index in [0.29, 0.717) is 48.6 Å². The summed E-state index contributed by atoms with van der Waals surface area (Å²) >= 11 is 0. The van der Waals surface area contributed by atoms with Gasteiger partial charge in [-0.3, -0.25) is 4.68 Å². The molecule has 0 saturated carbocycles. The molecule has 0 unspecified atom stereocenters. The fourth-order valence-electron chi connectivity index (χ4n) is 7.20. The van der Waals surface area contributed by atoms with Crippen molar-refractivity contribution in [1.29, 1.82) is 0 Å². The number of aryl methyl sites for hydroxylation is 2. The maximum absolute atomic E-state index is 14.1. The predicted octanol–water partition coefficient (Wildman–Crippen LogP) is 4.64. The highest BCUT2D eigenvalue weighted by Gasteiger charge is 2.50. The molecule has 52 heavy (non-hydrogen) atoms. The first-order chi connectivity index (χ1) is 24.8. The van der Waals surface area contributed by atoms with Crippen LogP contribution < -0.4 is 14.5 Å². The summed E-state index contributed by atoms with van der Waals surface area (Å²) in [5, 5.41) is 15.1. The average Bonchev–Trinajstić information content (AvgIpc) is 3.76. The second-order valence-corrected chi connectivity index (χ2v) is 13.4. The highest BCUT2D eigenvalue weighted by molar-refractivity contribution is 6.06. The first-order valence-electron chi connectivity index (χ1n) is 16.8. The van der Waals surface area contributed by atoms with Gasteiger partial charge < -0.3 is 33.5 Å². The number of aliphatic carboxylic acids is 1. The van der Waals surface area contributed by atoms with Crippen LogP contribution in [-0.2, 0) is 27.5 Å². The smallest absolute Gasteiger partial charge is 0.451 e. The number of fused-ring (bicyclic) bond motifs is 3. The molecule has 270 valence electrons. The molecule has 3 atom stereocenters. The van der Waals surface area contributed by atoms with Crippen molar-refractivity contribution in [1.82, 2.24) is 24.7 Å². The molecule has 7 heterocycles. The lowest BCUT2D eigenvalue weighted by Gasteiger charge is -2.53. The lowest BCUT2D eigenvalue weighted by Crippen LogP contribution is -2.68. The van der Waals surface area contributed by atoms with Gasteiger partial charge in [0, 0.05) is 37.2 Å². The van der Waals surface area contributed by atoms with Crippen LogP contribution in [0.25, 0.3) is 22.1 Å². The van der Waals surface area contributed by atoms with Gasteiger partial charge in [-0.1, -0.05) is 24.0 Å². The largest absolute Gasteiger partial charge is 0.480 e. The van der Waals surface area contributed by atoms with Crippen molar-refractivity contribution in [2.75, 3.05) is 42.7 Å². The van der Waals surface area contributed by atoms with E-state index < -0.39 is 35.7 Å². The Labute approximate surface area is 295 Å². The zero-order valence-electron chi connectivity index (χ0n) is 28.7. The van der Waals surface area contributed by atoms with Gasteiger partial charge in [-0.2, -0.15) is 18.3 Å². The van der Waals surface area contributed by atoms with Gasteiger partial charge in [-0.05, 0) is 39.0 Å². The zero-order chi connectivity index (χ0) is 36.5. The summed E-state index contributed by atoms with van der Waals surface area (Å²) < 4.78 is 68.2. The third kappa shape index (κ3) is 5.64. The first kappa shape index (κ1) is 33.7. The van der Waals surface area contributed by atoms with E-state index in [1.807, 2.05) is 33.9 Å². The Morgan fingerprint density at radius 3 is 2.62 bits per heavy atom. The molecular formula is C36H34F3N7O6. The van der Waals surface area contributed by atoms with Gasteiger partial charge in [0.25, 0.3) is 0 Å². The summed E-state index contributed by atoms with van der Waals surface area (Å²) in [6, 6.07) is 6.99. The molecular weight excluding hydrogens is 683 g/mol. The number of hydrogen-bond donors (Lipinski definition) is 1. The maximum atomic E-state index is 14.1. The van der Waals surface area contributed by atoms with Gasteiger partial charge in [-0.25, -0.2) is 19.7 Å². The molecule has 0 radical (unpaired) electrons. The van der Waals surface area contributed by atoms with E-state index in [0.717, 1.165) is 17.0 Å². The van der Waals surface area contributed by atoms with Crippen LogP contribution in [0, 0.1) is 25.7 Å². The van der Waals surface area contributed by atoms with E-state index in [1.54, 1.807) is 35.1 Å². The van der Waals surface area contributed by atoms with Gasteiger partial charge in [0.1, 0.15) is 34.5 Å². The Morgan fingerprint density at radius 2 is 1.92 bits per heavy atom. The SMILES string of the molecule is Cc1nn(C)c(C)c1C#Cc1cnc(O[C@H]2C[C@@H](C(=O)O)N(c3nc(C(F)(F)F)nc4c3oc3ccccc34)C2)c(N2CCOC3(COC3)[C@@H]2C)c1. The molecule has 4 aromatic heterocycles. The number of furan rings is 1. The summed E-state index contributed by atoms with van der Waals surface area (Å²) in [4.78, 5) is 28.4. The minimum atomic E-state index is -4.90. The van der Waals surface area contributed by atoms with Gasteiger partial charge in [0.2, 0.25) is 11.7 Å². The van der Waals surface area contributed by atoms with Gasteiger partial charge in [0.15, 0.2) is 11.4 Å². The number of rotatable bonds is 5. The third-order valence-corrected chi connectivity index (χ3v) is 10.2. The number of para-hydroxylation sites is 1. The Morgan fingerprint density at radius 1 is 1.13 bits per heavy atom. The number of ether oxygens (including phenoxy) is 3. The molecule has 3 aliphatic heterocycles. The maximum Gasteiger partial charge on any atom is 0.451 e. The Kier molecular flexibility index (Phi) is 8.03. The number of hydrogen-bond acceptors (Lipinski definition) is 11. The molecule has 3 aliphatic rings. The van der Waals surface area contributed by atoms with Crippen LogP contribution in [0.15, 0.2) is 40.9 Å². The zero-order valence-corrected chi connectivity index (χ0v) is 28.7. The molecule has 5 aromatic rings. The van der Waals surface area contributed by atoms with Crippen molar-refractivity contribution >= 4 is 39.5 Å². The normalized spacial score (nSPS) is 21.4. The fraction of sp³-hybridized carbons (Fsp3) is 0.417. The van der Waals surface area contributed by atoms with Crippen LogP contribution in [0.5, 0.6) is 5.88 Å².